The predicted octanol–water partition coefficient (Wildman–Crippen LogP) is 2.02. The van der Waals surface area contributed by atoms with Gasteiger partial charge < -0.3 is 5.32 Å². The standard InChI is InChI=1S/C19H20FN5O3S/c1-10(2)15-22-16-14(18(27)25(4)19(28)24(16)3)17(23-15)29-9-13(26)21-12-7-5-6-11(20)8-12/h5-8,10H,9H2,1-4H3,(H,21,26). The van der Waals surface area contributed by atoms with Crippen LogP contribution in [-0.4, -0.2) is 30.8 Å². The zero-order valence-corrected chi connectivity index (χ0v) is 17.2. The summed E-state index contributed by atoms with van der Waals surface area (Å²) in [5, 5.41) is 3.11. The van der Waals surface area contributed by atoms with Gasteiger partial charge in [0.05, 0.1) is 5.75 Å². The third-order valence-electron chi connectivity index (χ3n) is 4.25. The molecule has 1 N–H and O–H groups in total. The van der Waals surface area contributed by atoms with Crippen LogP contribution in [0.3, 0.4) is 0 Å². The van der Waals surface area contributed by atoms with Gasteiger partial charge in [-0.15, -0.1) is 0 Å². The maximum absolute atomic E-state index is 13.3. The van der Waals surface area contributed by atoms with Gasteiger partial charge in [0.25, 0.3) is 5.56 Å². The van der Waals surface area contributed by atoms with E-state index in [1.54, 1.807) is 6.07 Å². The molecule has 1 aromatic carbocycles. The zero-order valence-electron chi connectivity index (χ0n) is 16.4. The van der Waals surface area contributed by atoms with Gasteiger partial charge in [0, 0.05) is 25.7 Å². The molecule has 0 fully saturated rings. The van der Waals surface area contributed by atoms with Crippen LogP contribution in [0.2, 0.25) is 0 Å². The minimum atomic E-state index is -0.522. The molecule has 29 heavy (non-hydrogen) atoms. The Hall–Kier alpha value is -3.01. The minimum Gasteiger partial charge on any atom is -0.325 e. The van der Waals surface area contributed by atoms with Crippen LogP contribution in [0.25, 0.3) is 11.0 Å². The van der Waals surface area contributed by atoms with Crippen molar-refractivity contribution in [1.29, 1.82) is 0 Å². The largest absolute Gasteiger partial charge is 0.332 e. The van der Waals surface area contributed by atoms with E-state index in [0.717, 1.165) is 16.3 Å². The number of aromatic nitrogens is 4. The lowest BCUT2D eigenvalue weighted by molar-refractivity contribution is -0.113. The zero-order chi connectivity index (χ0) is 21.3. The molecule has 0 aliphatic heterocycles. The Labute approximate surface area is 169 Å². The number of halogens is 1. The molecule has 0 spiro atoms. The van der Waals surface area contributed by atoms with Crippen molar-refractivity contribution in [1.82, 2.24) is 19.1 Å². The Bertz CT molecular complexity index is 1220. The van der Waals surface area contributed by atoms with E-state index < -0.39 is 17.1 Å². The van der Waals surface area contributed by atoms with Crippen molar-refractivity contribution in [3.05, 3.63) is 56.7 Å². The SMILES string of the molecule is CC(C)c1nc(SCC(=O)Nc2cccc(F)c2)c2c(=O)n(C)c(=O)n(C)c2n1. The summed E-state index contributed by atoms with van der Waals surface area (Å²) in [6.07, 6.45) is 0. The van der Waals surface area contributed by atoms with Crippen molar-refractivity contribution >= 4 is 34.4 Å². The fraction of sp³-hybridized carbons (Fsp3) is 0.316. The number of amides is 1. The molecular weight excluding hydrogens is 397 g/mol. The quantitative estimate of drug-likeness (QED) is 0.504. The molecule has 8 nitrogen and oxygen atoms in total. The molecular formula is C19H20FN5O3S. The summed E-state index contributed by atoms with van der Waals surface area (Å²) in [5.41, 5.74) is -0.448. The topological polar surface area (TPSA) is 98.9 Å². The molecule has 0 aliphatic carbocycles. The molecule has 0 bridgehead atoms. The maximum Gasteiger partial charge on any atom is 0.332 e. The Balaban J connectivity index is 1.98. The molecule has 1 amide bonds. The fourth-order valence-corrected chi connectivity index (χ4v) is 3.53. The van der Waals surface area contributed by atoms with Crippen molar-refractivity contribution in [3.8, 4) is 0 Å². The van der Waals surface area contributed by atoms with Crippen molar-refractivity contribution in [3.63, 3.8) is 0 Å². The molecule has 0 atom stereocenters. The van der Waals surface area contributed by atoms with Crippen LogP contribution in [0.1, 0.15) is 25.6 Å². The Morgan fingerprint density at radius 3 is 2.59 bits per heavy atom. The number of fused-ring (bicyclic) bond motifs is 1. The minimum absolute atomic E-state index is 0.0426. The van der Waals surface area contributed by atoms with Crippen LogP contribution < -0.4 is 16.6 Å². The smallest absolute Gasteiger partial charge is 0.325 e. The first kappa shape index (κ1) is 20.7. The molecule has 10 heteroatoms. The first-order valence-electron chi connectivity index (χ1n) is 8.85. The van der Waals surface area contributed by atoms with Gasteiger partial charge >= 0.3 is 5.69 Å². The number of carbonyl (C=O) groups is 1. The van der Waals surface area contributed by atoms with Crippen LogP contribution in [-0.2, 0) is 18.9 Å². The molecule has 0 radical (unpaired) electrons. The predicted molar refractivity (Wildman–Crippen MR) is 110 cm³/mol. The summed E-state index contributed by atoms with van der Waals surface area (Å²) < 4.78 is 15.6. The second-order valence-corrected chi connectivity index (χ2v) is 7.76. The third-order valence-corrected chi connectivity index (χ3v) is 5.22. The van der Waals surface area contributed by atoms with Crippen LogP contribution >= 0.6 is 11.8 Å². The average Bonchev–Trinajstić information content (AvgIpc) is 2.68. The number of benzene rings is 1. The van der Waals surface area contributed by atoms with Crippen LogP contribution in [0.5, 0.6) is 0 Å². The molecule has 2 heterocycles. The maximum atomic E-state index is 13.3. The highest BCUT2D eigenvalue weighted by atomic mass is 32.2. The molecule has 0 unspecified atom stereocenters. The number of nitrogens with zero attached hydrogens (tertiary/aromatic N) is 4. The lowest BCUT2D eigenvalue weighted by atomic mass is 10.2. The summed E-state index contributed by atoms with van der Waals surface area (Å²) >= 11 is 1.06. The normalized spacial score (nSPS) is 11.2. The van der Waals surface area contributed by atoms with Gasteiger partial charge in [-0.25, -0.2) is 19.2 Å². The van der Waals surface area contributed by atoms with Gasteiger partial charge in [0.15, 0.2) is 5.65 Å². The van der Waals surface area contributed by atoms with Crippen LogP contribution in [0, 0.1) is 5.82 Å². The van der Waals surface area contributed by atoms with E-state index in [9.17, 15) is 18.8 Å². The van der Waals surface area contributed by atoms with E-state index in [1.807, 2.05) is 13.8 Å². The van der Waals surface area contributed by atoms with Crippen molar-refractivity contribution in [2.45, 2.75) is 24.8 Å². The summed E-state index contributed by atoms with van der Waals surface area (Å²) in [6.45, 7) is 3.79. The second-order valence-electron chi connectivity index (χ2n) is 6.79. The highest BCUT2D eigenvalue weighted by molar-refractivity contribution is 8.00. The first-order chi connectivity index (χ1) is 13.7. The molecule has 0 aliphatic rings. The Kier molecular flexibility index (Phi) is 5.83. The molecule has 2 aromatic heterocycles. The fourth-order valence-electron chi connectivity index (χ4n) is 2.70. The van der Waals surface area contributed by atoms with E-state index in [4.69, 9.17) is 0 Å². The number of thioether (sulfide) groups is 1. The molecule has 0 saturated carbocycles. The van der Waals surface area contributed by atoms with Gasteiger partial charge in [-0.2, -0.15) is 0 Å². The second kappa shape index (κ2) is 8.16. The van der Waals surface area contributed by atoms with Gasteiger partial charge in [-0.05, 0) is 18.2 Å². The highest BCUT2D eigenvalue weighted by Crippen LogP contribution is 2.24. The van der Waals surface area contributed by atoms with Gasteiger partial charge in [0.2, 0.25) is 5.91 Å². The molecule has 3 aromatic rings. The molecule has 3 rings (SSSR count). The summed E-state index contributed by atoms with van der Waals surface area (Å²) in [7, 11) is 2.91. The van der Waals surface area contributed by atoms with Crippen LogP contribution in [0.4, 0.5) is 10.1 Å². The van der Waals surface area contributed by atoms with E-state index in [-0.39, 0.29) is 28.6 Å². The Morgan fingerprint density at radius 2 is 1.93 bits per heavy atom. The van der Waals surface area contributed by atoms with E-state index in [1.165, 1.54) is 36.9 Å². The first-order valence-corrected chi connectivity index (χ1v) is 9.83. The number of nitrogens with one attached hydrogen (secondary N) is 1. The van der Waals surface area contributed by atoms with Gasteiger partial charge in [-0.3, -0.25) is 18.7 Å². The number of hydrogen-bond donors (Lipinski definition) is 1. The highest BCUT2D eigenvalue weighted by Gasteiger charge is 2.19. The lowest BCUT2D eigenvalue weighted by Gasteiger charge is -2.13. The molecule has 152 valence electrons. The number of anilines is 1. The van der Waals surface area contributed by atoms with E-state index >= 15 is 0 Å². The monoisotopic (exact) mass is 417 g/mol. The number of carbonyl (C=O) groups excluding carboxylic acids is 1. The van der Waals surface area contributed by atoms with E-state index in [0.29, 0.717) is 16.5 Å². The lowest BCUT2D eigenvalue weighted by Crippen LogP contribution is -2.38. The summed E-state index contributed by atoms with van der Waals surface area (Å²) in [4.78, 5) is 46.1. The third kappa shape index (κ3) is 4.21. The average molecular weight is 417 g/mol. The molecule has 0 saturated heterocycles. The number of rotatable bonds is 5. The van der Waals surface area contributed by atoms with E-state index in [2.05, 4.69) is 15.3 Å². The number of aryl methyl sites for hydroxylation is 1. The van der Waals surface area contributed by atoms with Crippen molar-refractivity contribution < 1.29 is 9.18 Å². The number of hydrogen-bond acceptors (Lipinski definition) is 6. The van der Waals surface area contributed by atoms with Crippen molar-refractivity contribution in [2.75, 3.05) is 11.1 Å². The summed E-state index contributed by atoms with van der Waals surface area (Å²) in [6, 6.07) is 5.57. The summed E-state index contributed by atoms with van der Waals surface area (Å²) in [5.74, 6) is -0.456. The van der Waals surface area contributed by atoms with Crippen LogP contribution in [0.15, 0.2) is 38.9 Å². The van der Waals surface area contributed by atoms with Gasteiger partial charge in [0.1, 0.15) is 22.1 Å². The van der Waals surface area contributed by atoms with Gasteiger partial charge in [-0.1, -0.05) is 31.7 Å². The Morgan fingerprint density at radius 1 is 1.21 bits per heavy atom. The van der Waals surface area contributed by atoms with Crippen molar-refractivity contribution in [2.24, 2.45) is 14.1 Å².